The van der Waals surface area contributed by atoms with Crippen LogP contribution in [0.2, 0.25) is 0 Å². The predicted molar refractivity (Wildman–Crippen MR) is 126 cm³/mol. The third kappa shape index (κ3) is 3.32. The monoisotopic (exact) mass is 391 g/mol. The van der Waals surface area contributed by atoms with Gasteiger partial charge in [-0.1, -0.05) is 54.6 Å². The zero-order chi connectivity index (χ0) is 20.5. The summed E-state index contributed by atoms with van der Waals surface area (Å²) in [7, 11) is -2.03. The van der Waals surface area contributed by atoms with E-state index in [1.807, 2.05) is 0 Å². The van der Waals surface area contributed by atoms with Crippen LogP contribution in [0.4, 0.5) is 0 Å². The van der Waals surface area contributed by atoms with Crippen LogP contribution in [-0.2, 0) is 0 Å². The summed E-state index contributed by atoms with van der Waals surface area (Å²) < 4.78 is 0. The molecule has 146 valence electrons. The molecule has 0 spiro atoms. The second-order valence-electron chi connectivity index (χ2n) is 7.98. The molecule has 0 atom stereocenters. The van der Waals surface area contributed by atoms with E-state index >= 15 is 0 Å². The van der Waals surface area contributed by atoms with Crippen molar-refractivity contribution >= 4 is 23.2 Å². The standard InChI is InChI=1S/C26H32OP/c1-18-10-7-11-19(2)24(18)28(17-16-27,25-20(3)12-8-13-21(25)4)26-22(5)14-9-15-23(26)6/h7-15,27H,16-17H2,1-6H3/q+1. The maximum Gasteiger partial charge on any atom is 0.116 e. The van der Waals surface area contributed by atoms with Gasteiger partial charge in [0.05, 0.1) is 12.8 Å². The van der Waals surface area contributed by atoms with E-state index in [0.29, 0.717) is 0 Å². The zero-order valence-corrected chi connectivity index (χ0v) is 18.9. The molecule has 2 heteroatoms. The van der Waals surface area contributed by atoms with Crippen LogP contribution < -0.4 is 15.9 Å². The van der Waals surface area contributed by atoms with Gasteiger partial charge in [0, 0.05) is 0 Å². The highest BCUT2D eigenvalue weighted by atomic mass is 31.2. The first-order valence-corrected chi connectivity index (χ1v) is 12.0. The maximum atomic E-state index is 10.4. The number of benzene rings is 3. The smallest absolute Gasteiger partial charge is 0.116 e. The Kier molecular flexibility index (Phi) is 6.08. The Balaban J connectivity index is 2.60. The van der Waals surface area contributed by atoms with Crippen LogP contribution >= 0.6 is 7.26 Å². The highest BCUT2D eigenvalue weighted by Gasteiger charge is 2.50. The van der Waals surface area contributed by atoms with Crippen LogP contribution in [0.25, 0.3) is 0 Å². The summed E-state index contributed by atoms with van der Waals surface area (Å²) in [6.07, 6.45) is 0.774. The predicted octanol–water partition coefficient (Wildman–Crippen LogP) is 4.82. The summed E-state index contributed by atoms with van der Waals surface area (Å²) in [6, 6.07) is 19.8. The van der Waals surface area contributed by atoms with E-state index in [-0.39, 0.29) is 6.61 Å². The van der Waals surface area contributed by atoms with E-state index in [2.05, 4.69) is 96.1 Å². The molecule has 1 N–H and O–H groups in total. The molecule has 0 bridgehead atoms. The molecule has 0 radical (unpaired) electrons. The van der Waals surface area contributed by atoms with Gasteiger partial charge in [0.15, 0.2) is 0 Å². The first kappa shape index (κ1) is 20.8. The Hall–Kier alpha value is -1.95. The van der Waals surface area contributed by atoms with Gasteiger partial charge >= 0.3 is 0 Å². The number of aliphatic hydroxyl groups is 1. The Labute approximate surface area is 170 Å². The molecule has 0 unspecified atom stereocenters. The topological polar surface area (TPSA) is 20.2 Å². The molecule has 0 aromatic heterocycles. The zero-order valence-electron chi connectivity index (χ0n) is 18.0. The first-order valence-electron chi connectivity index (χ1n) is 10.0. The van der Waals surface area contributed by atoms with Gasteiger partial charge in [0.2, 0.25) is 0 Å². The van der Waals surface area contributed by atoms with E-state index in [1.165, 1.54) is 49.3 Å². The lowest BCUT2D eigenvalue weighted by molar-refractivity contribution is 0.321. The number of rotatable bonds is 5. The lowest BCUT2D eigenvalue weighted by Gasteiger charge is -2.33. The van der Waals surface area contributed by atoms with Crippen molar-refractivity contribution in [2.75, 3.05) is 12.8 Å². The normalized spacial score (nSPS) is 11.7. The fourth-order valence-corrected chi connectivity index (χ4v) is 10.7. The van der Waals surface area contributed by atoms with Gasteiger partial charge in [-0.15, -0.1) is 0 Å². The van der Waals surface area contributed by atoms with E-state index in [0.717, 1.165) is 6.16 Å². The van der Waals surface area contributed by atoms with Crippen LogP contribution in [0.3, 0.4) is 0 Å². The molecule has 0 saturated heterocycles. The van der Waals surface area contributed by atoms with Crippen molar-refractivity contribution in [1.29, 1.82) is 0 Å². The molecular weight excluding hydrogens is 359 g/mol. The Morgan fingerprint density at radius 2 is 0.786 bits per heavy atom. The van der Waals surface area contributed by atoms with Gasteiger partial charge < -0.3 is 5.11 Å². The second-order valence-corrected chi connectivity index (χ2v) is 11.4. The van der Waals surface area contributed by atoms with Crippen LogP contribution in [0.1, 0.15) is 33.4 Å². The summed E-state index contributed by atoms with van der Waals surface area (Å²) in [4.78, 5) is 0. The lowest BCUT2D eigenvalue weighted by Crippen LogP contribution is -2.41. The minimum Gasteiger partial charge on any atom is -0.393 e. The van der Waals surface area contributed by atoms with Crippen molar-refractivity contribution in [3.05, 3.63) is 88.0 Å². The number of hydrogen-bond donors (Lipinski definition) is 1. The van der Waals surface area contributed by atoms with Gasteiger partial charge in [-0.2, -0.15) is 0 Å². The van der Waals surface area contributed by atoms with Crippen molar-refractivity contribution in [1.82, 2.24) is 0 Å². The molecule has 0 saturated carbocycles. The van der Waals surface area contributed by atoms with Crippen molar-refractivity contribution in [2.24, 2.45) is 0 Å². The molecule has 0 heterocycles. The van der Waals surface area contributed by atoms with Gasteiger partial charge in [-0.25, -0.2) is 0 Å². The lowest BCUT2D eigenvalue weighted by atomic mass is 10.1. The van der Waals surface area contributed by atoms with E-state index in [9.17, 15) is 5.11 Å². The molecule has 0 amide bonds. The van der Waals surface area contributed by atoms with E-state index in [4.69, 9.17) is 0 Å². The summed E-state index contributed by atoms with van der Waals surface area (Å²) in [5.74, 6) is 0. The van der Waals surface area contributed by atoms with Crippen molar-refractivity contribution in [3.8, 4) is 0 Å². The quantitative estimate of drug-likeness (QED) is 0.618. The maximum absolute atomic E-state index is 10.4. The second kappa shape index (κ2) is 8.19. The molecule has 0 aliphatic rings. The molecule has 0 aliphatic carbocycles. The number of aryl methyl sites for hydroxylation is 6. The molecular formula is C26H32OP+. The molecule has 0 aliphatic heterocycles. The summed E-state index contributed by atoms with van der Waals surface area (Å²) in [5, 5.41) is 14.7. The summed E-state index contributed by atoms with van der Waals surface area (Å²) >= 11 is 0. The van der Waals surface area contributed by atoms with Crippen LogP contribution in [-0.4, -0.2) is 17.9 Å². The fraction of sp³-hybridized carbons (Fsp3) is 0.308. The van der Waals surface area contributed by atoms with Crippen molar-refractivity contribution in [2.45, 2.75) is 41.5 Å². The Bertz CT molecular complexity index is 817. The minimum absolute atomic E-state index is 0.184. The molecule has 3 aromatic carbocycles. The van der Waals surface area contributed by atoms with E-state index in [1.54, 1.807) is 0 Å². The van der Waals surface area contributed by atoms with Gasteiger partial charge in [0.1, 0.15) is 23.2 Å². The van der Waals surface area contributed by atoms with Crippen LogP contribution in [0.5, 0.6) is 0 Å². The Morgan fingerprint density at radius 3 is 1.00 bits per heavy atom. The molecule has 3 aromatic rings. The van der Waals surface area contributed by atoms with Crippen molar-refractivity contribution in [3.63, 3.8) is 0 Å². The van der Waals surface area contributed by atoms with Crippen molar-refractivity contribution < 1.29 is 5.11 Å². The van der Waals surface area contributed by atoms with Gasteiger partial charge in [-0.05, 0) is 74.9 Å². The highest BCUT2D eigenvalue weighted by molar-refractivity contribution is 7.96. The number of aliphatic hydroxyl groups excluding tert-OH is 1. The van der Waals surface area contributed by atoms with Crippen LogP contribution in [0, 0.1) is 41.5 Å². The van der Waals surface area contributed by atoms with E-state index < -0.39 is 7.26 Å². The SMILES string of the molecule is Cc1cccc(C)c1[P+](CCO)(c1c(C)cccc1C)c1c(C)cccc1C. The van der Waals surface area contributed by atoms with Gasteiger partial charge in [0.25, 0.3) is 0 Å². The van der Waals surface area contributed by atoms with Gasteiger partial charge in [-0.3, -0.25) is 0 Å². The van der Waals surface area contributed by atoms with Crippen LogP contribution in [0.15, 0.2) is 54.6 Å². The third-order valence-electron chi connectivity index (χ3n) is 5.90. The molecule has 28 heavy (non-hydrogen) atoms. The molecule has 3 rings (SSSR count). The fourth-order valence-electron chi connectivity index (χ4n) is 5.04. The molecule has 1 nitrogen and oxygen atoms in total. The summed E-state index contributed by atoms with van der Waals surface area (Å²) in [6.45, 7) is 13.6. The minimum atomic E-state index is -2.03. The first-order chi connectivity index (χ1) is 13.3. The molecule has 0 fully saturated rings. The Morgan fingerprint density at radius 1 is 0.536 bits per heavy atom. The summed E-state index contributed by atoms with van der Waals surface area (Å²) in [5.41, 5.74) is 7.96. The average molecular weight is 392 g/mol. The third-order valence-corrected chi connectivity index (χ3v) is 11.2. The number of hydrogen-bond acceptors (Lipinski definition) is 1. The largest absolute Gasteiger partial charge is 0.393 e. The average Bonchev–Trinajstić information content (AvgIpc) is 2.61. The highest BCUT2D eigenvalue weighted by Crippen LogP contribution is 2.58.